The van der Waals surface area contributed by atoms with Gasteiger partial charge in [0.2, 0.25) is 5.91 Å². The Labute approximate surface area is 316 Å². The van der Waals surface area contributed by atoms with E-state index in [0.717, 1.165) is 62.6 Å². The lowest BCUT2D eigenvalue weighted by molar-refractivity contribution is -0.232. The van der Waals surface area contributed by atoms with E-state index in [4.69, 9.17) is 4.74 Å². The number of ether oxygens (including phenoxy) is 1. The van der Waals surface area contributed by atoms with Crippen molar-refractivity contribution >= 4 is 23.6 Å². The minimum absolute atomic E-state index is 0.0129. The fraction of sp³-hybridized carbons (Fsp3) is 0.727. The lowest BCUT2D eigenvalue weighted by Crippen LogP contribution is -2.65. The van der Waals surface area contributed by atoms with Gasteiger partial charge in [-0.2, -0.15) is 0 Å². The number of carbonyl (C=O) groups is 4. The highest BCUT2D eigenvalue weighted by Crippen LogP contribution is 2.77. The Hall–Kier alpha value is -3.36. The van der Waals surface area contributed by atoms with E-state index in [1.807, 2.05) is 6.92 Å². The number of Topliss-reactive ketones (excluding diaryl/α,β-unsaturated/α-hetero) is 1. The minimum atomic E-state index is -1.17. The predicted molar refractivity (Wildman–Crippen MR) is 203 cm³/mol. The number of ketones is 1. The third-order valence-corrected chi connectivity index (χ3v) is 15.8. The molecule has 0 aromatic carbocycles. The molecule has 2 N–H and O–H groups in total. The highest BCUT2D eigenvalue weighted by molar-refractivity contribution is 6.01. The van der Waals surface area contributed by atoms with Crippen LogP contribution in [0.4, 0.5) is 0 Å². The second-order valence-electron chi connectivity index (χ2n) is 19.8. The summed E-state index contributed by atoms with van der Waals surface area (Å²) in [5.74, 6) is -0.149. The average molecular weight is 730 g/mol. The first-order valence-corrected chi connectivity index (χ1v) is 20.1. The van der Waals surface area contributed by atoms with Crippen LogP contribution < -0.4 is 5.32 Å². The van der Waals surface area contributed by atoms with Crippen LogP contribution in [-0.2, 0) is 23.9 Å². The van der Waals surface area contributed by atoms with Crippen molar-refractivity contribution in [1.29, 1.82) is 0 Å². The molecule has 0 bridgehead atoms. The molecule has 0 spiro atoms. The van der Waals surface area contributed by atoms with E-state index in [1.54, 1.807) is 32.2 Å². The molecular formula is C44H63N3O6. The van der Waals surface area contributed by atoms with Crippen LogP contribution in [0.2, 0.25) is 0 Å². The zero-order valence-electron chi connectivity index (χ0n) is 33.8. The molecule has 0 aliphatic heterocycles. The maximum absolute atomic E-state index is 14.0. The highest BCUT2D eigenvalue weighted by Gasteiger charge is 2.70. The van der Waals surface area contributed by atoms with Gasteiger partial charge in [-0.05, 0) is 135 Å². The standard InChI is InChI=1S/C44H63N3O6/c1-26(2)36-30(48)23-44(19-15-34(49)47-27(3)29-16-22-45-25-46-29)21-20-42(9)28(37(36)44)11-12-32-41(8)17-14-33(53-35(50)24-39(4,5)38(51)52)40(6,7)31(41)13-18-43(32,42)10/h15-16,19,22,25-28,31-33H,11-14,17-18,20-21,23-24H2,1-10H3,(H,47,49)(H,51,52). The first-order chi connectivity index (χ1) is 24.6. The van der Waals surface area contributed by atoms with Crippen molar-refractivity contribution < 1.29 is 29.0 Å². The Kier molecular flexibility index (Phi) is 9.97. The molecule has 1 amide bonds. The smallest absolute Gasteiger partial charge is 0.309 e. The molecule has 1 aromatic rings. The highest BCUT2D eigenvalue weighted by atomic mass is 16.5. The number of carboxylic acid groups (broad SMARTS) is 1. The van der Waals surface area contributed by atoms with Gasteiger partial charge in [0.1, 0.15) is 12.4 Å². The van der Waals surface area contributed by atoms with Crippen LogP contribution >= 0.6 is 0 Å². The number of nitrogens with one attached hydrogen (secondary N) is 1. The summed E-state index contributed by atoms with van der Waals surface area (Å²) in [7, 11) is 0. The number of amides is 1. The van der Waals surface area contributed by atoms with E-state index in [0.29, 0.717) is 18.3 Å². The van der Waals surface area contributed by atoms with E-state index < -0.39 is 22.8 Å². The number of rotatable bonds is 9. The molecule has 9 nitrogen and oxygen atoms in total. The molecule has 4 saturated carbocycles. The van der Waals surface area contributed by atoms with Gasteiger partial charge in [0.05, 0.1) is 23.6 Å². The van der Waals surface area contributed by atoms with Crippen LogP contribution in [0.3, 0.4) is 0 Å². The Morgan fingerprint density at radius 1 is 0.981 bits per heavy atom. The SMILES string of the molecule is CC(C)C1=C2C3CCC4C5(C)CCC(OC(=O)CC(C)(C)C(=O)O)C(C)(C)C5CCC4(C)C3(C)CCC2(C=CC(=O)NC(C)c2ccncn2)CC1=O. The Morgan fingerprint density at radius 3 is 2.34 bits per heavy atom. The van der Waals surface area contributed by atoms with Gasteiger partial charge >= 0.3 is 11.9 Å². The third-order valence-electron chi connectivity index (χ3n) is 15.8. The summed E-state index contributed by atoms with van der Waals surface area (Å²) in [5.41, 5.74) is 1.28. The largest absolute Gasteiger partial charge is 0.481 e. The Bertz CT molecular complexity index is 1710. The quantitative estimate of drug-likeness (QED) is 0.191. The zero-order chi connectivity index (χ0) is 38.9. The van der Waals surface area contributed by atoms with E-state index >= 15 is 0 Å². The molecule has 4 fully saturated rings. The number of carboxylic acids is 1. The van der Waals surface area contributed by atoms with E-state index in [9.17, 15) is 24.3 Å². The lowest BCUT2D eigenvalue weighted by Gasteiger charge is -2.72. The number of carbonyl (C=O) groups excluding carboxylic acids is 3. The van der Waals surface area contributed by atoms with Gasteiger partial charge in [-0.25, -0.2) is 9.97 Å². The monoisotopic (exact) mass is 729 g/mol. The number of esters is 1. The fourth-order valence-electron chi connectivity index (χ4n) is 12.8. The topological polar surface area (TPSA) is 136 Å². The second-order valence-corrected chi connectivity index (χ2v) is 19.8. The van der Waals surface area contributed by atoms with Crippen LogP contribution in [0.25, 0.3) is 0 Å². The van der Waals surface area contributed by atoms with Gasteiger partial charge in [0.25, 0.3) is 0 Å². The minimum Gasteiger partial charge on any atom is -0.481 e. The van der Waals surface area contributed by atoms with Crippen LogP contribution in [0.15, 0.2) is 41.9 Å². The maximum Gasteiger partial charge on any atom is 0.309 e. The summed E-state index contributed by atoms with van der Waals surface area (Å²) in [6.45, 7) is 21.5. The second kappa shape index (κ2) is 13.4. The summed E-state index contributed by atoms with van der Waals surface area (Å²) in [6, 6.07) is 1.54. The number of hydrogen-bond acceptors (Lipinski definition) is 7. The molecule has 1 heterocycles. The maximum atomic E-state index is 14.0. The van der Waals surface area contributed by atoms with Gasteiger partial charge in [-0.3, -0.25) is 19.2 Å². The molecule has 0 saturated heterocycles. The number of fused-ring (bicyclic) bond motifs is 7. The zero-order valence-corrected chi connectivity index (χ0v) is 33.8. The molecule has 1 aromatic heterocycles. The van der Waals surface area contributed by atoms with E-state index in [2.05, 4.69) is 69.8 Å². The summed E-state index contributed by atoms with van der Waals surface area (Å²) in [5, 5.41) is 12.7. The van der Waals surface area contributed by atoms with Crippen molar-refractivity contribution in [1.82, 2.24) is 15.3 Å². The molecule has 9 heteroatoms. The van der Waals surface area contributed by atoms with Gasteiger partial charge in [-0.15, -0.1) is 0 Å². The predicted octanol–water partition coefficient (Wildman–Crippen LogP) is 8.60. The molecule has 5 aliphatic carbocycles. The number of aromatic nitrogens is 2. The van der Waals surface area contributed by atoms with Crippen LogP contribution in [0.1, 0.15) is 145 Å². The van der Waals surface area contributed by atoms with Crippen molar-refractivity contribution in [3.8, 4) is 0 Å². The van der Waals surface area contributed by atoms with Crippen molar-refractivity contribution in [2.75, 3.05) is 0 Å². The first kappa shape index (κ1) is 39.3. The van der Waals surface area contributed by atoms with Crippen molar-refractivity contribution in [3.05, 3.63) is 47.6 Å². The number of aliphatic carboxylic acids is 1. The number of nitrogens with zero attached hydrogens (tertiary/aromatic N) is 2. The summed E-state index contributed by atoms with van der Waals surface area (Å²) < 4.78 is 6.16. The van der Waals surface area contributed by atoms with Gasteiger partial charge in [-0.1, -0.05) is 54.5 Å². The van der Waals surface area contributed by atoms with Crippen molar-refractivity contribution in [3.63, 3.8) is 0 Å². The van der Waals surface area contributed by atoms with Crippen molar-refractivity contribution in [2.24, 2.45) is 56.2 Å². The van der Waals surface area contributed by atoms with Gasteiger partial charge in [0, 0.05) is 23.4 Å². The average Bonchev–Trinajstić information content (AvgIpc) is 3.38. The first-order valence-electron chi connectivity index (χ1n) is 20.1. The molecule has 9 unspecified atom stereocenters. The normalized spacial score (nSPS) is 37.0. The number of hydrogen-bond donors (Lipinski definition) is 2. The summed E-state index contributed by atoms with van der Waals surface area (Å²) >= 11 is 0. The molecule has 6 rings (SSSR count). The molecule has 5 aliphatic rings. The van der Waals surface area contributed by atoms with Crippen LogP contribution in [0, 0.1) is 56.2 Å². The fourth-order valence-corrected chi connectivity index (χ4v) is 12.8. The van der Waals surface area contributed by atoms with Gasteiger partial charge < -0.3 is 15.2 Å². The van der Waals surface area contributed by atoms with Gasteiger partial charge in [0.15, 0.2) is 5.78 Å². The molecule has 53 heavy (non-hydrogen) atoms. The number of allylic oxidation sites excluding steroid dienone is 3. The summed E-state index contributed by atoms with van der Waals surface area (Å²) in [6.07, 6.45) is 14.8. The van der Waals surface area contributed by atoms with E-state index in [-0.39, 0.29) is 63.8 Å². The lowest BCUT2D eigenvalue weighted by atomic mass is 9.33. The molecule has 290 valence electrons. The molecule has 0 radical (unpaired) electrons. The van der Waals surface area contributed by atoms with Crippen molar-refractivity contribution in [2.45, 2.75) is 146 Å². The van der Waals surface area contributed by atoms with Crippen LogP contribution in [0.5, 0.6) is 0 Å². The Balaban J connectivity index is 1.27. The van der Waals surface area contributed by atoms with E-state index in [1.165, 1.54) is 11.9 Å². The molecule has 9 atom stereocenters. The Morgan fingerprint density at radius 2 is 1.70 bits per heavy atom. The molecular weight excluding hydrogens is 666 g/mol. The van der Waals surface area contributed by atoms with Crippen LogP contribution in [-0.4, -0.2) is 44.8 Å². The third kappa shape index (κ3) is 6.30. The summed E-state index contributed by atoms with van der Waals surface area (Å²) in [4.78, 5) is 60.4.